The van der Waals surface area contributed by atoms with E-state index >= 15 is 0 Å². The number of ketones is 1. The maximum absolute atomic E-state index is 13.5. The molecule has 1 fully saturated rings. The van der Waals surface area contributed by atoms with Crippen LogP contribution in [-0.2, 0) is 9.59 Å². The van der Waals surface area contributed by atoms with Crippen LogP contribution in [0, 0.1) is 13.8 Å². The minimum atomic E-state index is -0.818. The summed E-state index contributed by atoms with van der Waals surface area (Å²) in [7, 11) is 3.16. The van der Waals surface area contributed by atoms with E-state index in [-0.39, 0.29) is 11.3 Å². The molecule has 0 saturated carbocycles. The van der Waals surface area contributed by atoms with Crippen molar-refractivity contribution in [1.29, 1.82) is 0 Å². The summed E-state index contributed by atoms with van der Waals surface area (Å²) >= 11 is 0. The Morgan fingerprint density at radius 1 is 0.895 bits per heavy atom. The molecule has 3 aromatic carbocycles. The van der Waals surface area contributed by atoms with Gasteiger partial charge in [-0.1, -0.05) is 12.1 Å². The lowest BCUT2D eigenvalue weighted by Gasteiger charge is -2.27. The molecule has 7 nitrogen and oxygen atoms in total. The van der Waals surface area contributed by atoms with Gasteiger partial charge in [0.15, 0.2) is 0 Å². The molecule has 0 bridgehead atoms. The maximum atomic E-state index is 13.5. The highest BCUT2D eigenvalue weighted by Gasteiger charge is 2.47. The zero-order valence-corrected chi connectivity index (χ0v) is 22.7. The number of Topliss-reactive ketones (excluding diaryl/α,β-unsaturated/α-hetero) is 1. The van der Waals surface area contributed by atoms with Crippen LogP contribution in [0.4, 0.5) is 11.4 Å². The van der Waals surface area contributed by atoms with Crippen LogP contribution in [0.3, 0.4) is 0 Å². The van der Waals surface area contributed by atoms with Gasteiger partial charge in [0.25, 0.3) is 11.7 Å². The van der Waals surface area contributed by atoms with Crippen molar-refractivity contribution < 1.29 is 24.2 Å². The maximum Gasteiger partial charge on any atom is 0.300 e. The number of anilines is 2. The van der Waals surface area contributed by atoms with E-state index in [1.807, 2.05) is 56.3 Å². The number of aliphatic hydroxyl groups excluding tert-OH is 1. The number of hydrogen-bond donors (Lipinski definition) is 1. The molecular formula is C31H34N2O5. The van der Waals surface area contributed by atoms with Gasteiger partial charge in [-0.05, 0) is 92.9 Å². The lowest BCUT2D eigenvalue weighted by molar-refractivity contribution is -0.132. The van der Waals surface area contributed by atoms with Crippen LogP contribution in [0.1, 0.15) is 42.1 Å². The minimum Gasteiger partial charge on any atom is -0.507 e. The van der Waals surface area contributed by atoms with Gasteiger partial charge in [0.1, 0.15) is 17.3 Å². The summed E-state index contributed by atoms with van der Waals surface area (Å²) in [4.78, 5) is 30.7. The largest absolute Gasteiger partial charge is 0.507 e. The van der Waals surface area contributed by atoms with Gasteiger partial charge in [0.2, 0.25) is 0 Å². The van der Waals surface area contributed by atoms with Crippen LogP contribution >= 0.6 is 0 Å². The molecule has 1 atom stereocenters. The lowest BCUT2D eigenvalue weighted by Crippen LogP contribution is -2.29. The monoisotopic (exact) mass is 514 g/mol. The first-order valence-corrected chi connectivity index (χ1v) is 12.7. The molecule has 1 aliphatic rings. The molecule has 3 aromatic rings. The topological polar surface area (TPSA) is 79.3 Å². The van der Waals surface area contributed by atoms with Crippen molar-refractivity contribution in [1.82, 2.24) is 0 Å². The SMILES string of the molecule is CCN(CC)c1ccc(N2C(=O)C(=O)/C(=C(/O)c3cc(C)c(OC)cc3C)C2c2ccc(OC)cc2)cc1. The van der Waals surface area contributed by atoms with Crippen molar-refractivity contribution in [3.63, 3.8) is 0 Å². The number of benzene rings is 3. The molecule has 0 radical (unpaired) electrons. The second-order valence-electron chi connectivity index (χ2n) is 9.27. The fourth-order valence-electron chi connectivity index (χ4n) is 5.02. The Kier molecular flexibility index (Phi) is 7.76. The molecule has 1 amide bonds. The Morgan fingerprint density at radius 2 is 1.53 bits per heavy atom. The van der Waals surface area contributed by atoms with Gasteiger partial charge in [0, 0.05) is 30.0 Å². The van der Waals surface area contributed by atoms with Crippen LogP contribution in [-0.4, -0.2) is 44.1 Å². The minimum absolute atomic E-state index is 0.0423. The van der Waals surface area contributed by atoms with Crippen molar-refractivity contribution in [3.05, 3.63) is 88.5 Å². The van der Waals surface area contributed by atoms with Gasteiger partial charge in [-0.15, -0.1) is 0 Å². The number of aliphatic hydroxyl groups is 1. The third-order valence-corrected chi connectivity index (χ3v) is 7.13. The highest BCUT2D eigenvalue weighted by molar-refractivity contribution is 6.51. The number of ether oxygens (including phenoxy) is 2. The molecule has 1 unspecified atom stereocenters. The Balaban J connectivity index is 1.90. The van der Waals surface area contributed by atoms with E-state index in [1.54, 1.807) is 32.4 Å². The van der Waals surface area contributed by atoms with Gasteiger partial charge >= 0.3 is 0 Å². The number of nitrogens with zero attached hydrogens (tertiary/aromatic N) is 2. The number of methoxy groups -OCH3 is 2. The van der Waals surface area contributed by atoms with Crippen LogP contribution in [0.15, 0.2) is 66.2 Å². The van der Waals surface area contributed by atoms with Crippen LogP contribution in [0.25, 0.3) is 5.76 Å². The van der Waals surface area contributed by atoms with Crippen LogP contribution < -0.4 is 19.3 Å². The van der Waals surface area contributed by atoms with E-state index in [4.69, 9.17) is 9.47 Å². The van der Waals surface area contributed by atoms with E-state index in [9.17, 15) is 14.7 Å². The quantitative estimate of drug-likeness (QED) is 0.233. The molecule has 0 aromatic heterocycles. The molecule has 198 valence electrons. The molecule has 4 rings (SSSR count). The Bertz CT molecular complexity index is 1370. The van der Waals surface area contributed by atoms with E-state index in [1.165, 1.54) is 4.90 Å². The first-order chi connectivity index (χ1) is 18.2. The van der Waals surface area contributed by atoms with Crippen molar-refractivity contribution in [3.8, 4) is 11.5 Å². The summed E-state index contributed by atoms with van der Waals surface area (Å²) in [5.41, 5.74) is 4.35. The fraction of sp³-hybridized carbons (Fsp3) is 0.290. The molecular weight excluding hydrogens is 480 g/mol. The smallest absolute Gasteiger partial charge is 0.300 e. The summed E-state index contributed by atoms with van der Waals surface area (Å²) in [5, 5.41) is 11.6. The first-order valence-electron chi connectivity index (χ1n) is 12.7. The predicted molar refractivity (Wildman–Crippen MR) is 150 cm³/mol. The fourth-order valence-corrected chi connectivity index (χ4v) is 5.02. The number of amides is 1. The van der Waals surface area contributed by atoms with Crippen molar-refractivity contribution >= 4 is 28.8 Å². The second kappa shape index (κ2) is 11.0. The number of carbonyl (C=O) groups is 2. The summed E-state index contributed by atoms with van der Waals surface area (Å²) < 4.78 is 10.7. The normalized spacial score (nSPS) is 16.6. The third kappa shape index (κ3) is 4.72. The second-order valence-corrected chi connectivity index (χ2v) is 9.27. The summed E-state index contributed by atoms with van der Waals surface area (Å²) in [6, 6.07) is 17.5. The van der Waals surface area contributed by atoms with Gasteiger partial charge in [-0.25, -0.2) is 0 Å². The Hall–Kier alpha value is -4.26. The molecule has 1 saturated heterocycles. The van der Waals surface area contributed by atoms with Crippen LogP contribution in [0.5, 0.6) is 11.5 Å². The molecule has 7 heteroatoms. The predicted octanol–water partition coefficient (Wildman–Crippen LogP) is 5.79. The molecule has 0 aliphatic carbocycles. The average Bonchev–Trinajstić information content (AvgIpc) is 3.20. The van der Waals surface area contributed by atoms with Crippen molar-refractivity contribution in [2.45, 2.75) is 33.7 Å². The highest BCUT2D eigenvalue weighted by Crippen LogP contribution is 2.43. The summed E-state index contributed by atoms with van der Waals surface area (Å²) in [6.07, 6.45) is 0. The van der Waals surface area contributed by atoms with E-state index in [0.29, 0.717) is 28.3 Å². The standard InChI is InChI=1S/C31H34N2O5/c1-7-32(8-2)22-11-13-23(14-12-22)33-28(21-9-15-24(37-5)16-10-21)27(30(35)31(33)36)29(34)25-17-20(4)26(38-6)18-19(25)3/h9-18,28,34H,7-8H2,1-6H3/b29-27+. The summed E-state index contributed by atoms with van der Waals surface area (Å²) in [5.74, 6) is -0.306. The van der Waals surface area contributed by atoms with Crippen LogP contribution in [0.2, 0.25) is 0 Å². The number of aryl methyl sites for hydroxylation is 2. The zero-order chi connectivity index (χ0) is 27.6. The first kappa shape index (κ1) is 26.8. The van der Waals surface area contributed by atoms with Gasteiger partial charge in [0.05, 0.1) is 25.8 Å². The van der Waals surface area contributed by atoms with Crippen molar-refractivity contribution in [2.75, 3.05) is 37.1 Å². The molecule has 1 aliphatic heterocycles. The third-order valence-electron chi connectivity index (χ3n) is 7.13. The van der Waals surface area contributed by atoms with E-state index in [2.05, 4.69) is 18.7 Å². The number of hydrogen-bond acceptors (Lipinski definition) is 6. The zero-order valence-electron chi connectivity index (χ0n) is 22.7. The number of rotatable bonds is 8. The Morgan fingerprint density at radius 3 is 2.08 bits per heavy atom. The lowest BCUT2D eigenvalue weighted by atomic mass is 9.93. The van der Waals surface area contributed by atoms with E-state index < -0.39 is 17.7 Å². The molecule has 38 heavy (non-hydrogen) atoms. The van der Waals surface area contributed by atoms with Gasteiger partial charge < -0.3 is 19.5 Å². The number of carbonyl (C=O) groups excluding carboxylic acids is 2. The van der Waals surface area contributed by atoms with Gasteiger partial charge in [-0.3, -0.25) is 14.5 Å². The Labute approximate surface area is 223 Å². The summed E-state index contributed by atoms with van der Waals surface area (Å²) in [6.45, 7) is 9.58. The molecule has 0 spiro atoms. The van der Waals surface area contributed by atoms with Gasteiger partial charge in [-0.2, -0.15) is 0 Å². The molecule has 1 N–H and O–H groups in total. The van der Waals surface area contributed by atoms with Crippen molar-refractivity contribution in [2.24, 2.45) is 0 Å². The average molecular weight is 515 g/mol. The van der Waals surface area contributed by atoms with E-state index in [0.717, 1.165) is 29.9 Å². The highest BCUT2D eigenvalue weighted by atomic mass is 16.5. The molecule has 1 heterocycles.